The van der Waals surface area contributed by atoms with Crippen molar-refractivity contribution in [2.45, 2.75) is 30.8 Å². The third-order valence-electron chi connectivity index (χ3n) is 6.97. The standard InChI is InChI=1S/C26H30ClN3O6.2C2HF3O2/c1-28-9-11-30(3)26(34)36-22-13-19(32)24-18(31)12-21(15-6-4-5-7-17(15)27)35-25(24)23(22)16-8-10-29(2)14-20(16)33;2*3-2(4,5)1(6)7/h4-7,12-13,16,20,28,32-33H,8-11,14H2,1-3H3;2*(H,6,7)/t16-,20+;;/m0../s1. The fourth-order valence-corrected chi connectivity index (χ4v) is 4.74. The van der Waals surface area contributed by atoms with Crippen LogP contribution in [-0.4, -0.2) is 114 Å². The van der Waals surface area contributed by atoms with E-state index in [2.05, 4.69) is 5.32 Å². The highest BCUT2D eigenvalue weighted by Crippen LogP contribution is 2.43. The Kier molecular flexibility index (Phi) is 14.4. The summed E-state index contributed by atoms with van der Waals surface area (Å²) in [5.74, 6) is -6.15. The summed E-state index contributed by atoms with van der Waals surface area (Å²) < 4.78 is 75.4. The number of aliphatic hydroxyl groups is 1. The average Bonchev–Trinajstić information content (AvgIpc) is 3.00. The predicted molar refractivity (Wildman–Crippen MR) is 165 cm³/mol. The van der Waals surface area contributed by atoms with Crippen LogP contribution in [0.25, 0.3) is 22.3 Å². The molecule has 2 atom stereocenters. The molecule has 1 saturated heterocycles. The van der Waals surface area contributed by atoms with E-state index in [4.69, 9.17) is 40.6 Å². The van der Waals surface area contributed by atoms with E-state index in [9.17, 15) is 46.1 Å². The number of likely N-dealkylation sites (tertiary alicyclic amines) is 1. The van der Waals surface area contributed by atoms with E-state index in [0.29, 0.717) is 48.7 Å². The highest BCUT2D eigenvalue weighted by Gasteiger charge is 2.39. The van der Waals surface area contributed by atoms with Crippen molar-refractivity contribution in [2.75, 3.05) is 47.3 Å². The maximum absolute atomic E-state index is 13.2. The number of β-amino-alcohol motifs (C(OH)–C–C–N with tert-alkyl or cyclic N) is 1. The Balaban J connectivity index is 0.000000521. The van der Waals surface area contributed by atoms with Crippen molar-refractivity contribution in [1.82, 2.24) is 15.1 Å². The van der Waals surface area contributed by atoms with Crippen LogP contribution in [0.5, 0.6) is 11.5 Å². The Morgan fingerprint density at radius 2 is 1.64 bits per heavy atom. The highest BCUT2D eigenvalue weighted by atomic mass is 35.5. The van der Waals surface area contributed by atoms with Crippen LogP contribution < -0.4 is 15.5 Å². The molecular weight excluding hydrogens is 712 g/mol. The first kappa shape index (κ1) is 41.6. The molecule has 0 saturated carbocycles. The van der Waals surface area contributed by atoms with Gasteiger partial charge in [0.2, 0.25) is 0 Å². The second-order valence-electron chi connectivity index (χ2n) is 10.7. The number of hydrogen-bond donors (Lipinski definition) is 5. The van der Waals surface area contributed by atoms with Crippen molar-refractivity contribution in [2.24, 2.45) is 0 Å². The predicted octanol–water partition coefficient (Wildman–Crippen LogP) is 4.52. The maximum atomic E-state index is 13.2. The first-order chi connectivity index (χ1) is 23.1. The number of aromatic hydroxyl groups is 1. The second-order valence-corrected chi connectivity index (χ2v) is 11.1. The maximum Gasteiger partial charge on any atom is 0.490 e. The van der Waals surface area contributed by atoms with Gasteiger partial charge in [-0.1, -0.05) is 23.7 Å². The van der Waals surface area contributed by atoms with Crippen LogP contribution in [-0.2, 0) is 9.59 Å². The van der Waals surface area contributed by atoms with Crippen LogP contribution in [0.2, 0.25) is 5.02 Å². The molecule has 1 aliphatic heterocycles. The third kappa shape index (κ3) is 11.2. The SMILES string of the molecule is CNCCN(C)C(=O)Oc1cc(O)c2c(=O)cc(-c3ccccc3Cl)oc2c1[C@H]1CCN(C)C[C@H]1O.O=C(O)C(F)(F)F.O=C(O)C(F)(F)F. The number of likely N-dealkylation sites (N-methyl/N-ethyl adjacent to an activating group) is 3. The van der Waals surface area contributed by atoms with E-state index in [1.165, 1.54) is 17.0 Å². The van der Waals surface area contributed by atoms with Gasteiger partial charge in [0.05, 0.1) is 11.1 Å². The monoisotopic (exact) mass is 743 g/mol. The van der Waals surface area contributed by atoms with E-state index in [0.717, 1.165) is 0 Å². The summed E-state index contributed by atoms with van der Waals surface area (Å²) in [4.78, 5) is 47.2. The number of benzene rings is 2. The second kappa shape index (κ2) is 17.4. The number of alkyl halides is 6. The van der Waals surface area contributed by atoms with Crippen molar-refractivity contribution in [3.8, 4) is 22.8 Å². The number of carboxylic acid groups (broad SMARTS) is 2. The number of nitrogens with zero attached hydrogens (tertiary/aromatic N) is 2. The molecule has 0 bridgehead atoms. The molecule has 1 amide bonds. The molecule has 4 rings (SSSR count). The van der Waals surface area contributed by atoms with Gasteiger partial charge in [-0.2, -0.15) is 26.3 Å². The number of ether oxygens (including phenoxy) is 1. The average molecular weight is 744 g/mol. The molecule has 20 heteroatoms. The summed E-state index contributed by atoms with van der Waals surface area (Å²) in [6.45, 7) is 2.02. The number of amides is 1. The molecule has 1 fully saturated rings. The zero-order chi connectivity index (χ0) is 38.1. The van der Waals surface area contributed by atoms with Crippen molar-refractivity contribution >= 4 is 40.6 Å². The Hall–Kier alpha value is -4.59. The molecule has 1 aliphatic rings. The van der Waals surface area contributed by atoms with Crippen molar-refractivity contribution in [3.05, 3.63) is 57.2 Å². The third-order valence-corrected chi connectivity index (χ3v) is 7.30. The van der Waals surface area contributed by atoms with Crippen molar-refractivity contribution in [1.29, 1.82) is 0 Å². The Morgan fingerprint density at radius 3 is 2.14 bits per heavy atom. The molecule has 50 heavy (non-hydrogen) atoms. The summed E-state index contributed by atoms with van der Waals surface area (Å²) in [5.41, 5.74) is 0.453. The van der Waals surface area contributed by atoms with Crippen LogP contribution in [0.3, 0.4) is 0 Å². The zero-order valence-electron chi connectivity index (χ0n) is 26.4. The van der Waals surface area contributed by atoms with Gasteiger partial charge >= 0.3 is 30.4 Å². The number of aliphatic hydroxyl groups excluding tert-OH is 1. The van der Waals surface area contributed by atoms with Crippen LogP contribution in [0.1, 0.15) is 17.9 Å². The van der Waals surface area contributed by atoms with Gasteiger partial charge in [0, 0.05) is 55.9 Å². The van der Waals surface area contributed by atoms with Crippen molar-refractivity contribution in [3.63, 3.8) is 0 Å². The molecule has 276 valence electrons. The smallest absolute Gasteiger partial charge is 0.490 e. The number of carboxylic acids is 2. The molecule has 13 nitrogen and oxygen atoms in total. The van der Waals surface area contributed by atoms with Crippen molar-refractivity contribution < 1.29 is 70.3 Å². The minimum absolute atomic E-state index is 0.0365. The Bertz CT molecular complexity index is 1710. The summed E-state index contributed by atoms with van der Waals surface area (Å²) in [6, 6.07) is 9.45. The largest absolute Gasteiger partial charge is 0.507 e. The molecule has 1 aromatic heterocycles. The lowest BCUT2D eigenvalue weighted by Crippen LogP contribution is -2.41. The number of hydrogen-bond acceptors (Lipinski definition) is 10. The van der Waals surface area contributed by atoms with Gasteiger partial charge in [-0.3, -0.25) is 4.79 Å². The minimum Gasteiger partial charge on any atom is -0.507 e. The highest BCUT2D eigenvalue weighted by molar-refractivity contribution is 6.33. The normalized spacial score (nSPS) is 16.4. The number of phenols is 1. The molecule has 0 aliphatic carbocycles. The minimum atomic E-state index is -5.08. The quantitative estimate of drug-likeness (QED) is 0.223. The number of carbonyl (C=O) groups excluding carboxylic acids is 1. The molecule has 0 unspecified atom stereocenters. The van der Waals surface area contributed by atoms with Crippen LogP contribution >= 0.6 is 11.6 Å². The molecule has 2 aromatic carbocycles. The first-order valence-electron chi connectivity index (χ1n) is 14.2. The summed E-state index contributed by atoms with van der Waals surface area (Å²) >= 11 is 6.36. The topological polar surface area (TPSA) is 190 Å². The lowest BCUT2D eigenvalue weighted by molar-refractivity contribution is -0.193. The number of halogens is 7. The lowest BCUT2D eigenvalue weighted by atomic mass is 9.85. The van der Waals surface area contributed by atoms with Crippen LogP contribution in [0.4, 0.5) is 31.1 Å². The van der Waals surface area contributed by atoms with Gasteiger partial charge in [-0.25, -0.2) is 14.4 Å². The molecule has 0 radical (unpaired) electrons. The van der Waals surface area contributed by atoms with E-state index in [1.807, 2.05) is 11.9 Å². The number of aliphatic carboxylic acids is 2. The molecule has 0 spiro atoms. The van der Waals surface area contributed by atoms with E-state index in [-0.39, 0.29) is 28.2 Å². The number of phenolic OH excluding ortho intramolecular Hbond substituents is 1. The van der Waals surface area contributed by atoms with Crippen LogP contribution in [0.15, 0.2) is 45.6 Å². The van der Waals surface area contributed by atoms with Gasteiger partial charge in [0.15, 0.2) is 5.43 Å². The van der Waals surface area contributed by atoms with Crippen LogP contribution in [0, 0.1) is 0 Å². The van der Waals surface area contributed by atoms with E-state index < -0.39 is 47.8 Å². The van der Waals surface area contributed by atoms with Gasteiger partial charge in [0.1, 0.15) is 28.2 Å². The summed E-state index contributed by atoms with van der Waals surface area (Å²) in [7, 11) is 5.28. The fourth-order valence-electron chi connectivity index (χ4n) is 4.51. The number of nitrogens with one attached hydrogen (secondary N) is 1. The number of piperidine rings is 1. The zero-order valence-corrected chi connectivity index (χ0v) is 27.2. The Labute approximate surface area is 284 Å². The van der Waals surface area contributed by atoms with Gasteiger partial charge in [-0.15, -0.1) is 0 Å². The van der Waals surface area contributed by atoms with Gasteiger partial charge < -0.3 is 44.7 Å². The van der Waals surface area contributed by atoms with E-state index in [1.54, 1.807) is 38.4 Å². The molecule has 3 aromatic rings. The van der Waals surface area contributed by atoms with Gasteiger partial charge in [0.25, 0.3) is 0 Å². The molecular formula is C30H32ClF6N3O10. The molecule has 2 heterocycles. The number of rotatable bonds is 6. The summed E-state index contributed by atoms with van der Waals surface area (Å²) in [6.07, 6.45) is -11.1. The van der Waals surface area contributed by atoms with E-state index >= 15 is 0 Å². The number of fused-ring (bicyclic) bond motifs is 1. The number of carbonyl (C=O) groups is 3. The lowest BCUT2D eigenvalue weighted by Gasteiger charge is -2.34. The first-order valence-corrected chi connectivity index (χ1v) is 14.6. The Morgan fingerprint density at radius 1 is 1.08 bits per heavy atom. The summed E-state index contributed by atoms with van der Waals surface area (Å²) in [5, 5.41) is 39.4. The van der Waals surface area contributed by atoms with Gasteiger partial charge in [-0.05, 0) is 39.2 Å². The molecule has 5 N–H and O–H groups in total. The fraction of sp³-hybridized carbons (Fsp3) is 0.400.